The number of rotatable bonds is 6. The molecule has 0 radical (unpaired) electrons. The molecule has 2 rings (SSSR count). The van der Waals surface area contributed by atoms with E-state index in [0.717, 1.165) is 28.2 Å². The smallest absolute Gasteiger partial charge is 0.324 e. The van der Waals surface area contributed by atoms with E-state index in [1.807, 2.05) is 19.9 Å². The van der Waals surface area contributed by atoms with Crippen molar-refractivity contribution >= 4 is 16.3 Å². The molecule has 114 valence electrons. The Bertz CT molecular complexity index is 645. The lowest BCUT2D eigenvalue weighted by Gasteiger charge is -2.23. The van der Waals surface area contributed by atoms with Crippen LogP contribution in [0.3, 0.4) is 0 Å². The number of hydrogen-bond donors (Lipinski definition) is 2. The average molecular weight is 310 g/mol. The number of aliphatic hydroxyl groups is 1. The molecule has 0 aliphatic carbocycles. The molecule has 0 fully saturated rings. The van der Waals surface area contributed by atoms with Crippen LogP contribution in [0.5, 0.6) is 0 Å². The van der Waals surface area contributed by atoms with E-state index in [4.69, 9.17) is 4.42 Å². The van der Waals surface area contributed by atoms with Crippen LogP contribution in [0.15, 0.2) is 21.9 Å². The van der Waals surface area contributed by atoms with Crippen molar-refractivity contribution < 1.29 is 14.4 Å². The monoisotopic (exact) mass is 310 g/mol. The zero-order chi connectivity index (χ0) is 15.6. The first kappa shape index (κ1) is 15.7. The Kier molecular flexibility index (Phi) is 4.46. The molecule has 0 bridgehead atoms. The summed E-state index contributed by atoms with van der Waals surface area (Å²) in [4.78, 5) is 10.2. The van der Waals surface area contributed by atoms with Crippen LogP contribution in [0.2, 0.25) is 0 Å². The summed E-state index contributed by atoms with van der Waals surface area (Å²) in [7, 11) is 0. The van der Waals surface area contributed by atoms with Gasteiger partial charge in [-0.15, -0.1) is 0 Å². The van der Waals surface area contributed by atoms with E-state index in [0.29, 0.717) is 18.8 Å². The van der Waals surface area contributed by atoms with E-state index in [9.17, 15) is 15.2 Å². The molecule has 0 aliphatic rings. The SMILES string of the molecule is Cc1cc(C(C)(O)CNCc2csc([N+](=O)[O-])c2)c(C)o1. The largest absolute Gasteiger partial charge is 0.466 e. The lowest BCUT2D eigenvalue weighted by Crippen LogP contribution is -2.35. The van der Waals surface area contributed by atoms with Crippen molar-refractivity contribution in [2.24, 2.45) is 0 Å². The van der Waals surface area contributed by atoms with Crippen molar-refractivity contribution in [3.05, 3.63) is 50.3 Å². The Morgan fingerprint density at radius 2 is 2.19 bits per heavy atom. The summed E-state index contributed by atoms with van der Waals surface area (Å²) in [5.74, 6) is 1.46. The maximum atomic E-state index is 10.6. The molecule has 1 atom stereocenters. The minimum absolute atomic E-state index is 0.125. The van der Waals surface area contributed by atoms with Gasteiger partial charge in [-0.25, -0.2) is 0 Å². The second kappa shape index (κ2) is 5.97. The quantitative estimate of drug-likeness (QED) is 0.632. The van der Waals surface area contributed by atoms with E-state index in [-0.39, 0.29) is 5.00 Å². The minimum Gasteiger partial charge on any atom is -0.466 e. The molecule has 0 saturated heterocycles. The number of aryl methyl sites for hydroxylation is 2. The molecule has 0 aliphatic heterocycles. The summed E-state index contributed by atoms with van der Waals surface area (Å²) in [6.07, 6.45) is 0. The Morgan fingerprint density at radius 1 is 1.48 bits per heavy atom. The Labute approximate surface area is 126 Å². The van der Waals surface area contributed by atoms with Gasteiger partial charge in [0.1, 0.15) is 17.1 Å². The lowest BCUT2D eigenvalue weighted by atomic mass is 9.96. The molecule has 2 N–H and O–H groups in total. The highest BCUT2D eigenvalue weighted by Crippen LogP contribution is 2.27. The summed E-state index contributed by atoms with van der Waals surface area (Å²) in [6.45, 7) is 6.17. The van der Waals surface area contributed by atoms with Crippen LogP contribution in [-0.4, -0.2) is 16.6 Å². The lowest BCUT2D eigenvalue weighted by molar-refractivity contribution is -0.380. The van der Waals surface area contributed by atoms with Gasteiger partial charge in [-0.05, 0) is 32.4 Å². The van der Waals surface area contributed by atoms with E-state index in [1.54, 1.807) is 18.4 Å². The molecule has 6 nitrogen and oxygen atoms in total. The van der Waals surface area contributed by atoms with Crippen molar-refractivity contribution in [2.45, 2.75) is 32.9 Å². The maximum absolute atomic E-state index is 10.6. The van der Waals surface area contributed by atoms with E-state index in [1.165, 1.54) is 0 Å². The fourth-order valence-electron chi connectivity index (χ4n) is 2.26. The topological polar surface area (TPSA) is 88.5 Å². The van der Waals surface area contributed by atoms with Crippen LogP contribution >= 0.6 is 11.3 Å². The molecule has 1 unspecified atom stereocenters. The van der Waals surface area contributed by atoms with Crippen molar-refractivity contribution in [2.75, 3.05) is 6.54 Å². The van der Waals surface area contributed by atoms with Gasteiger partial charge < -0.3 is 14.8 Å². The van der Waals surface area contributed by atoms with Crippen molar-refractivity contribution in [1.82, 2.24) is 5.32 Å². The molecule has 2 aromatic heterocycles. The highest BCUT2D eigenvalue weighted by Gasteiger charge is 2.27. The first-order valence-corrected chi connectivity index (χ1v) is 7.40. The predicted molar refractivity (Wildman–Crippen MR) is 80.4 cm³/mol. The fourth-order valence-corrected chi connectivity index (χ4v) is 2.99. The van der Waals surface area contributed by atoms with Gasteiger partial charge in [0.2, 0.25) is 0 Å². The van der Waals surface area contributed by atoms with Gasteiger partial charge in [0.15, 0.2) is 0 Å². The standard InChI is InChI=1S/C14H18N2O4S/c1-9-4-12(10(2)20-9)14(3,17)8-15-6-11-5-13(16(18)19)21-7-11/h4-5,7,15,17H,6,8H2,1-3H3. The van der Waals surface area contributed by atoms with Crippen molar-refractivity contribution in [3.8, 4) is 0 Å². The van der Waals surface area contributed by atoms with Gasteiger partial charge in [0, 0.05) is 30.1 Å². The molecule has 0 aromatic carbocycles. The zero-order valence-corrected chi connectivity index (χ0v) is 13.0. The summed E-state index contributed by atoms with van der Waals surface area (Å²) < 4.78 is 5.43. The summed E-state index contributed by atoms with van der Waals surface area (Å²) in [5.41, 5.74) is 0.537. The molecule has 2 aromatic rings. The molecule has 2 heterocycles. The Balaban J connectivity index is 1.95. The molecular formula is C14H18N2O4S. The number of thiophene rings is 1. The number of nitro groups is 1. The molecular weight excluding hydrogens is 292 g/mol. The number of hydrogen-bond acceptors (Lipinski definition) is 6. The summed E-state index contributed by atoms with van der Waals surface area (Å²) in [5, 5.41) is 26.1. The van der Waals surface area contributed by atoms with Crippen molar-refractivity contribution in [3.63, 3.8) is 0 Å². The number of nitrogens with zero attached hydrogens (tertiary/aromatic N) is 1. The summed E-state index contributed by atoms with van der Waals surface area (Å²) in [6, 6.07) is 3.37. The maximum Gasteiger partial charge on any atom is 0.324 e. The van der Waals surface area contributed by atoms with Gasteiger partial charge in [0.05, 0.1) is 4.92 Å². The van der Waals surface area contributed by atoms with E-state index >= 15 is 0 Å². The third-order valence-electron chi connectivity index (χ3n) is 3.24. The fraction of sp³-hybridized carbons (Fsp3) is 0.429. The molecule has 0 spiro atoms. The van der Waals surface area contributed by atoms with Crippen LogP contribution < -0.4 is 5.32 Å². The van der Waals surface area contributed by atoms with Gasteiger partial charge in [-0.3, -0.25) is 10.1 Å². The van der Waals surface area contributed by atoms with Gasteiger partial charge >= 0.3 is 5.00 Å². The Morgan fingerprint density at radius 3 is 2.71 bits per heavy atom. The Hall–Kier alpha value is -1.70. The van der Waals surface area contributed by atoms with Crippen LogP contribution in [0.4, 0.5) is 5.00 Å². The molecule has 0 amide bonds. The van der Waals surface area contributed by atoms with Crippen LogP contribution in [0.25, 0.3) is 0 Å². The van der Waals surface area contributed by atoms with Crippen LogP contribution in [0, 0.1) is 24.0 Å². The second-order valence-electron chi connectivity index (χ2n) is 5.25. The summed E-state index contributed by atoms with van der Waals surface area (Å²) >= 11 is 1.10. The highest BCUT2D eigenvalue weighted by molar-refractivity contribution is 7.13. The van der Waals surface area contributed by atoms with E-state index in [2.05, 4.69) is 5.32 Å². The second-order valence-corrected chi connectivity index (χ2v) is 6.14. The van der Waals surface area contributed by atoms with Crippen molar-refractivity contribution in [1.29, 1.82) is 0 Å². The van der Waals surface area contributed by atoms with Gasteiger partial charge in [0.25, 0.3) is 0 Å². The van der Waals surface area contributed by atoms with Crippen LogP contribution in [0.1, 0.15) is 29.6 Å². The third-order valence-corrected chi connectivity index (χ3v) is 4.17. The zero-order valence-electron chi connectivity index (χ0n) is 12.2. The van der Waals surface area contributed by atoms with E-state index < -0.39 is 10.5 Å². The normalized spacial score (nSPS) is 14.1. The average Bonchev–Trinajstić information content (AvgIpc) is 2.96. The van der Waals surface area contributed by atoms with Gasteiger partial charge in [-0.2, -0.15) is 0 Å². The highest BCUT2D eigenvalue weighted by atomic mass is 32.1. The molecule has 21 heavy (non-hydrogen) atoms. The minimum atomic E-state index is -1.05. The molecule has 0 saturated carbocycles. The third kappa shape index (κ3) is 3.69. The first-order valence-electron chi connectivity index (χ1n) is 6.52. The number of furan rings is 1. The first-order chi connectivity index (χ1) is 9.79. The van der Waals surface area contributed by atoms with Crippen LogP contribution in [-0.2, 0) is 12.1 Å². The van der Waals surface area contributed by atoms with Gasteiger partial charge in [-0.1, -0.05) is 11.3 Å². The predicted octanol–water partition coefficient (Wildman–Crippen LogP) is 2.86. The molecule has 7 heteroatoms. The number of nitrogens with one attached hydrogen (secondary N) is 1.